The van der Waals surface area contributed by atoms with E-state index in [2.05, 4.69) is 30.8 Å². The van der Waals surface area contributed by atoms with E-state index in [1.807, 2.05) is 0 Å². The van der Waals surface area contributed by atoms with Crippen LogP contribution in [0.4, 0.5) is 18.9 Å². The van der Waals surface area contributed by atoms with Crippen molar-refractivity contribution in [3.05, 3.63) is 82.0 Å². The van der Waals surface area contributed by atoms with Crippen LogP contribution >= 0.6 is 11.6 Å². The van der Waals surface area contributed by atoms with E-state index in [9.17, 15) is 37.5 Å². The maximum Gasteiger partial charge on any atom is 0.435 e. The van der Waals surface area contributed by atoms with Gasteiger partial charge in [0, 0.05) is 99.1 Å². The van der Waals surface area contributed by atoms with Gasteiger partial charge in [0.25, 0.3) is 11.8 Å². The Hall–Kier alpha value is -5.46. The van der Waals surface area contributed by atoms with Crippen LogP contribution in [-0.4, -0.2) is 136 Å². The largest absolute Gasteiger partial charge is 0.497 e. The molecular formula is C39H44ClF3N9O6+. The third-order valence-electron chi connectivity index (χ3n) is 11.3. The summed E-state index contributed by atoms with van der Waals surface area (Å²) in [5, 5.41) is 21.6. The molecule has 2 aromatic heterocycles. The lowest BCUT2D eigenvalue weighted by molar-refractivity contribution is -0.929. The number of amides is 3. The average Bonchev–Trinajstić information content (AvgIpc) is 3.84. The Morgan fingerprint density at radius 2 is 1.71 bits per heavy atom. The van der Waals surface area contributed by atoms with Crippen molar-refractivity contribution in [1.29, 1.82) is 0 Å². The van der Waals surface area contributed by atoms with E-state index in [4.69, 9.17) is 16.3 Å². The number of aromatic amines is 2. The van der Waals surface area contributed by atoms with E-state index in [1.165, 1.54) is 31.5 Å². The zero-order valence-corrected chi connectivity index (χ0v) is 32.5. The summed E-state index contributed by atoms with van der Waals surface area (Å²) in [6.07, 6.45) is -2.46. The Morgan fingerprint density at radius 1 is 1.02 bits per heavy atom. The number of carboxylic acids is 1. The number of ether oxygens (including phenoxy) is 1. The molecule has 0 saturated carbocycles. The Balaban J connectivity index is 0.928. The normalized spacial score (nSPS) is 20.1. The van der Waals surface area contributed by atoms with Crippen molar-refractivity contribution in [1.82, 2.24) is 35.3 Å². The second-order valence-electron chi connectivity index (χ2n) is 15.2. The minimum absolute atomic E-state index is 0.0400. The molecule has 7 rings (SSSR count). The molecule has 3 amide bonds. The van der Waals surface area contributed by atoms with E-state index in [0.717, 1.165) is 19.6 Å². The number of anilines is 1. The monoisotopic (exact) mass is 826 g/mol. The lowest BCUT2D eigenvalue weighted by Gasteiger charge is -2.46. The topological polar surface area (TPSA) is 186 Å². The first kappa shape index (κ1) is 40.7. The van der Waals surface area contributed by atoms with Gasteiger partial charge in [0.1, 0.15) is 5.75 Å². The lowest BCUT2D eigenvalue weighted by Crippen LogP contribution is -2.62. The van der Waals surface area contributed by atoms with Crippen LogP contribution in [0.1, 0.15) is 50.8 Å². The quantitative estimate of drug-likeness (QED) is 0.131. The summed E-state index contributed by atoms with van der Waals surface area (Å²) in [5.74, 6) is -1.12. The first-order valence-electron chi connectivity index (χ1n) is 19.0. The summed E-state index contributed by atoms with van der Waals surface area (Å²) in [6, 6.07) is 10.9. The van der Waals surface area contributed by atoms with Gasteiger partial charge in [-0.3, -0.25) is 19.5 Å². The minimum Gasteiger partial charge on any atom is -0.497 e. The number of likely N-dealkylation sites (tertiary alicyclic amines) is 1. The number of piperazine rings is 1. The lowest BCUT2D eigenvalue weighted by atomic mass is 9.90. The van der Waals surface area contributed by atoms with Gasteiger partial charge in [0.15, 0.2) is 18.1 Å². The fourth-order valence-electron chi connectivity index (χ4n) is 8.12. The fraction of sp³-hybridized carbons (Fsp3) is 0.436. The number of imidazole rings is 1. The van der Waals surface area contributed by atoms with Crippen molar-refractivity contribution in [3.63, 3.8) is 0 Å². The summed E-state index contributed by atoms with van der Waals surface area (Å²) >= 11 is 6.53. The molecule has 5 heterocycles. The van der Waals surface area contributed by atoms with Crippen molar-refractivity contribution in [2.45, 2.75) is 25.4 Å². The first-order chi connectivity index (χ1) is 27.7. The molecule has 0 atom stereocenters. The van der Waals surface area contributed by atoms with Crippen LogP contribution in [0.15, 0.2) is 48.7 Å². The highest BCUT2D eigenvalue weighted by Crippen LogP contribution is 2.37. The summed E-state index contributed by atoms with van der Waals surface area (Å²) < 4.78 is 47.4. The third-order valence-corrected chi connectivity index (χ3v) is 11.6. The van der Waals surface area contributed by atoms with E-state index >= 15 is 0 Å². The number of benzene rings is 2. The molecule has 19 heteroatoms. The van der Waals surface area contributed by atoms with Gasteiger partial charge < -0.3 is 39.7 Å². The Kier molecular flexibility index (Phi) is 11.8. The van der Waals surface area contributed by atoms with E-state index in [-0.39, 0.29) is 69.7 Å². The number of hydrogen-bond acceptors (Lipinski definition) is 8. The number of methoxy groups -OCH3 is 1. The van der Waals surface area contributed by atoms with Crippen LogP contribution in [0.5, 0.6) is 5.75 Å². The number of alkyl halides is 3. The van der Waals surface area contributed by atoms with E-state index in [1.54, 1.807) is 34.1 Å². The molecule has 4 aromatic rings. The molecule has 3 fully saturated rings. The highest BCUT2D eigenvalue weighted by Gasteiger charge is 2.42. The van der Waals surface area contributed by atoms with Crippen molar-refractivity contribution >= 4 is 41.0 Å². The van der Waals surface area contributed by atoms with Crippen LogP contribution in [0.3, 0.4) is 0 Å². The van der Waals surface area contributed by atoms with Crippen molar-refractivity contribution in [3.8, 4) is 17.0 Å². The van der Waals surface area contributed by atoms with Crippen molar-refractivity contribution in [2.75, 3.05) is 77.9 Å². The highest BCUT2D eigenvalue weighted by atomic mass is 35.5. The van der Waals surface area contributed by atoms with Gasteiger partial charge in [0.05, 0.1) is 43.0 Å². The van der Waals surface area contributed by atoms with Crippen molar-refractivity contribution < 1.29 is 46.7 Å². The van der Waals surface area contributed by atoms with Crippen molar-refractivity contribution in [2.24, 2.45) is 11.8 Å². The second-order valence-corrected chi connectivity index (χ2v) is 15.6. The molecule has 2 aromatic carbocycles. The predicted octanol–water partition coefficient (Wildman–Crippen LogP) is 4.14. The number of nitrogens with zero attached hydrogens (tertiary/aromatic N) is 5. The number of piperidine rings is 1. The fourth-order valence-corrected chi connectivity index (χ4v) is 8.38. The van der Waals surface area contributed by atoms with Crippen LogP contribution in [0.2, 0.25) is 5.02 Å². The van der Waals surface area contributed by atoms with Crippen LogP contribution in [0.25, 0.3) is 11.3 Å². The molecular weight excluding hydrogens is 783 g/mol. The number of aromatic nitrogens is 4. The maximum atomic E-state index is 13.9. The molecule has 0 aliphatic carbocycles. The molecule has 3 aliphatic rings. The van der Waals surface area contributed by atoms with Gasteiger partial charge in [-0.2, -0.15) is 18.3 Å². The number of aliphatic carboxylic acids is 1. The number of hydrogen-bond donors (Lipinski definition) is 5. The van der Waals surface area contributed by atoms with Crippen LogP contribution in [0, 0.1) is 11.8 Å². The smallest absolute Gasteiger partial charge is 0.435 e. The molecule has 308 valence electrons. The first-order valence-corrected chi connectivity index (χ1v) is 19.4. The molecule has 15 nitrogen and oxygen atoms in total. The number of carboxylic acid groups (broad SMARTS) is 1. The number of rotatable bonds is 12. The Labute approximate surface area is 336 Å². The van der Waals surface area contributed by atoms with Gasteiger partial charge in [-0.15, -0.1) is 0 Å². The van der Waals surface area contributed by atoms with Gasteiger partial charge in [-0.1, -0.05) is 11.6 Å². The molecule has 0 spiro atoms. The van der Waals surface area contributed by atoms with Gasteiger partial charge in [-0.05, 0) is 42.5 Å². The standard InChI is InChI=1S/C39H43ClF3N9O6/c1-58-28-5-2-24(3-6-28)33-30(34(49-48-33)39(41,42)43)16-27-20-45-35(46-27)36(55)47-26-4-7-29(31(40)17-26)38(57)51-12-10-50(11-13-51)37(56)25-8-14-52(15-9-25,22-32(53)54)21-23-18-44-19-23/h2-7,17,20,23,25,44H,8-16,18-19,21-22H2,1H3,(H3-,45,46,47,48,49,53,54,55,57)/p+1. The Morgan fingerprint density at radius 3 is 2.31 bits per heavy atom. The van der Waals surface area contributed by atoms with Gasteiger partial charge in [0.2, 0.25) is 5.91 Å². The van der Waals surface area contributed by atoms with Crippen LogP contribution < -0.4 is 15.4 Å². The molecule has 5 N–H and O–H groups in total. The van der Waals surface area contributed by atoms with E-state index in [0.29, 0.717) is 73.8 Å². The summed E-state index contributed by atoms with van der Waals surface area (Å²) in [6.45, 7) is 5.32. The molecule has 0 radical (unpaired) electrons. The maximum absolute atomic E-state index is 13.9. The number of nitrogens with one attached hydrogen (secondary N) is 4. The minimum atomic E-state index is -4.74. The number of H-pyrrole nitrogens is 2. The predicted molar refractivity (Wildman–Crippen MR) is 205 cm³/mol. The summed E-state index contributed by atoms with van der Waals surface area (Å²) in [4.78, 5) is 62.1. The van der Waals surface area contributed by atoms with Gasteiger partial charge in [-0.25, -0.2) is 9.78 Å². The number of carbonyl (C=O) groups excluding carboxylic acids is 3. The SMILES string of the molecule is COc1ccc(-c2[nH]nc(C(F)(F)F)c2Cc2cnc(C(=O)Nc3ccc(C(=O)N4CCN(C(=O)C5CC[N+](CC(=O)O)(CC6CNC6)CC5)CC4)c(Cl)c3)[nH]2)cc1. The second kappa shape index (κ2) is 16.8. The molecule has 3 aliphatic heterocycles. The summed E-state index contributed by atoms with van der Waals surface area (Å²) in [5.41, 5.74) is 0.122. The number of quaternary nitrogens is 1. The van der Waals surface area contributed by atoms with Crippen LogP contribution in [-0.2, 0) is 22.2 Å². The zero-order valence-electron chi connectivity index (χ0n) is 31.7. The molecule has 3 saturated heterocycles. The number of carbonyl (C=O) groups is 4. The van der Waals surface area contributed by atoms with E-state index < -0.39 is 23.7 Å². The highest BCUT2D eigenvalue weighted by molar-refractivity contribution is 6.34. The summed E-state index contributed by atoms with van der Waals surface area (Å²) in [7, 11) is 1.48. The third kappa shape index (κ3) is 8.98. The number of halogens is 4. The van der Waals surface area contributed by atoms with Gasteiger partial charge >= 0.3 is 12.1 Å². The molecule has 0 bridgehead atoms. The molecule has 58 heavy (non-hydrogen) atoms. The Bertz CT molecular complexity index is 2160. The molecule has 0 unspecified atom stereocenters. The average molecular weight is 827 g/mol. The zero-order chi connectivity index (χ0) is 41.2.